The topological polar surface area (TPSA) is 91.3 Å². The fourth-order valence-electron chi connectivity index (χ4n) is 4.92. The van der Waals surface area contributed by atoms with E-state index in [0.717, 1.165) is 23.1 Å². The summed E-state index contributed by atoms with van der Waals surface area (Å²) in [6.07, 6.45) is 0.743. The third-order valence-corrected chi connectivity index (χ3v) is 8.27. The lowest BCUT2D eigenvalue weighted by Crippen LogP contribution is -2.34. The molecule has 4 rings (SSSR count). The van der Waals surface area contributed by atoms with Crippen LogP contribution in [0.2, 0.25) is 0 Å². The van der Waals surface area contributed by atoms with E-state index in [4.69, 9.17) is 9.47 Å². The molecule has 39 heavy (non-hydrogen) atoms. The smallest absolute Gasteiger partial charge is 0.238 e. The number of phenolic OH excluding ortho intramolecular Hbond substituents is 1. The molecule has 2 heterocycles. The number of carbonyl (C=O) groups excluding carboxylic acids is 2. The fourth-order valence-corrected chi connectivity index (χ4v) is 6.12. The van der Waals surface area contributed by atoms with Crippen molar-refractivity contribution in [2.24, 2.45) is 0 Å². The molecule has 1 saturated heterocycles. The monoisotopic (exact) mass is 555 g/mol. The van der Waals surface area contributed by atoms with Crippen molar-refractivity contribution in [3.05, 3.63) is 47.0 Å². The second kappa shape index (κ2) is 11.3. The van der Waals surface area contributed by atoms with Crippen LogP contribution in [0.4, 0.5) is 5.69 Å². The van der Waals surface area contributed by atoms with Crippen molar-refractivity contribution in [1.82, 2.24) is 9.80 Å². The van der Waals surface area contributed by atoms with Gasteiger partial charge in [0.25, 0.3) is 0 Å². The van der Waals surface area contributed by atoms with Gasteiger partial charge in [0.15, 0.2) is 11.5 Å². The van der Waals surface area contributed by atoms with Crippen molar-refractivity contribution in [2.45, 2.75) is 64.2 Å². The number of carbonyl (C=O) groups is 2. The molecule has 0 saturated carbocycles. The summed E-state index contributed by atoms with van der Waals surface area (Å²) in [5, 5.41) is 13.9. The summed E-state index contributed by atoms with van der Waals surface area (Å²) in [6.45, 7) is 14.3. The second-order valence-corrected chi connectivity index (χ2v) is 13.5. The van der Waals surface area contributed by atoms with E-state index in [0.29, 0.717) is 41.8 Å². The predicted octanol–water partition coefficient (Wildman–Crippen LogP) is 5.25. The van der Waals surface area contributed by atoms with E-state index in [2.05, 4.69) is 59.0 Å². The first kappa shape index (κ1) is 29.1. The molecule has 2 aliphatic rings. The Labute approximate surface area is 236 Å². The van der Waals surface area contributed by atoms with Gasteiger partial charge in [-0.15, -0.1) is 11.8 Å². The number of hydrogen-bond donors (Lipinski definition) is 2. The highest BCUT2D eigenvalue weighted by Gasteiger charge is 2.35. The van der Waals surface area contributed by atoms with Gasteiger partial charge in [0, 0.05) is 24.8 Å². The number of anilines is 1. The molecule has 2 aliphatic heterocycles. The molecule has 9 heteroatoms. The summed E-state index contributed by atoms with van der Waals surface area (Å²) >= 11 is 1.63. The maximum absolute atomic E-state index is 12.9. The molecule has 2 amide bonds. The van der Waals surface area contributed by atoms with Crippen molar-refractivity contribution in [3.8, 4) is 17.2 Å². The molecule has 1 fully saturated rings. The molecule has 2 aromatic carbocycles. The number of nitrogens with one attached hydrogen (secondary N) is 1. The predicted molar refractivity (Wildman–Crippen MR) is 156 cm³/mol. The van der Waals surface area contributed by atoms with E-state index in [9.17, 15) is 14.7 Å². The number of phenols is 1. The van der Waals surface area contributed by atoms with Crippen LogP contribution >= 0.6 is 11.8 Å². The van der Waals surface area contributed by atoms with Gasteiger partial charge in [0.05, 0.1) is 12.3 Å². The van der Waals surface area contributed by atoms with Gasteiger partial charge in [0.2, 0.25) is 18.6 Å². The van der Waals surface area contributed by atoms with Gasteiger partial charge in [-0.1, -0.05) is 41.5 Å². The Morgan fingerprint density at radius 2 is 1.72 bits per heavy atom. The van der Waals surface area contributed by atoms with Crippen LogP contribution in [0.1, 0.15) is 70.0 Å². The first-order chi connectivity index (χ1) is 18.2. The van der Waals surface area contributed by atoms with Gasteiger partial charge < -0.3 is 24.8 Å². The Morgan fingerprint density at radius 1 is 1.08 bits per heavy atom. The lowest BCUT2D eigenvalue weighted by Gasteiger charge is -2.31. The number of nitrogens with zero attached hydrogens (tertiary/aromatic N) is 2. The number of hydrogen-bond acceptors (Lipinski definition) is 7. The number of rotatable bonds is 8. The number of thioether (sulfide) groups is 1. The van der Waals surface area contributed by atoms with Crippen LogP contribution in [0.15, 0.2) is 30.3 Å². The molecule has 0 spiro atoms. The average Bonchev–Trinajstić information content (AvgIpc) is 3.44. The molecule has 0 bridgehead atoms. The molecular formula is C30H41N3O5S. The lowest BCUT2D eigenvalue weighted by atomic mass is 9.78. The minimum absolute atomic E-state index is 0.0973. The number of benzene rings is 2. The zero-order valence-corrected chi connectivity index (χ0v) is 24.9. The summed E-state index contributed by atoms with van der Waals surface area (Å²) in [5.41, 5.74) is 3.05. The van der Waals surface area contributed by atoms with Gasteiger partial charge in [0.1, 0.15) is 11.1 Å². The number of fused-ring (bicyclic) bond motifs is 1. The van der Waals surface area contributed by atoms with Crippen LogP contribution in [0, 0.1) is 0 Å². The fraction of sp³-hybridized carbons (Fsp3) is 0.533. The van der Waals surface area contributed by atoms with Crippen molar-refractivity contribution < 1.29 is 24.2 Å². The van der Waals surface area contributed by atoms with Crippen LogP contribution in [-0.4, -0.2) is 65.9 Å². The molecule has 1 atom stereocenters. The van der Waals surface area contributed by atoms with Gasteiger partial charge >= 0.3 is 0 Å². The van der Waals surface area contributed by atoms with Gasteiger partial charge in [-0.2, -0.15) is 0 Å². The SMILES string of the molecule is CN(CCCN1C(=O)CSC1c1cc(C(C)(C)C)c(O)c(C(C)(C)C)c1)CC(=O)Nc1ccc2c(c1)OCO2. The normalized spacial score (nSPS) is 17.3. The summed E-state index contributed by atoms with van der Waals surface area (Å²) < 4.78 is 10.7. The van der Waals surface area contributed by atoms with Crippen molar-refractivity contribution in [1.29, 1.82) is 0 Å². The van der Waals surface area contributed by atoms with Crippen molar-refractivity contribution >= 4 is 29.3 Å². The Morgan fingerprint density at radius 3 is 2.36 bits per heavy atom. The molecule has 0 aromatic heterocycles. The molecule has 8 nitrogen and oxygen atoms in total. The number of amides is 2. The van der Waals surface area contributed by atoms with E-state index in [-0.39, 0.29) is 41.4 Å². The molecule has 0 radical (unpaired) electrons. The molecular weight excluding hydrogens is 514 g/mol. The highest BCUT2D eigenvalue weighted by molar-refractivity contribution is 8.00. The van der Waals surface area contributed by atoms with E-state index < -0.39 is 0 Å². The van der Waals surface area contributed by atoms with Gasteiger partial charge in [-0.25, -0.2) is 0 Å². The second-order valence-electron chi connectivity index (χ2n) is 12.4. The van der Waals surface area contributed by atoms with E-state index >= 15 is 0 Å². The van der Waals surface area contributed by atoms with Crippen LogP contribution in [0.3, 0.4) is 0 Å². The van der Waals surface area contributed by atoms with Crippen molar-refractivity contribution in [2.75, 3.05) is 44.5 Å². The molecule has 0 aliphatic carbocycles. The molecule has 212 valence electrons. The standard InChI is InChI=1S/C30H41N3O5S/c1-29(2,3)21-13-19(14-22(27(21)36)30(4,5)6)28-33(26(35)17-39-28)12-8-11-32(7)16-25(34)31-20-9-10-23-24(15-20)38-18-37-23/h9-10,13-15,28,36H,8,11-12,16-18H2,1-7H3,(H,31,34). The number of ether oxygens (including phenoxy) is 2. The quantitative estimate of drug-likeness (QED) is 0.460. The summed E-state index contributed by atoms with van der Waals surface area (Å²) in [7, 11) is 1.91. The zero-order valence-electron chi connectivity index (χ0n) is 24.1. The maximum Gasteiger partial charge on any atom is 0.238 e. The third-order valence-electron chi connectivity index (χ3n) is 7.01. The van der Waals surface area contributed by atoms with Crippen LogP contribution in [0.5, 0.6) is 17.2 Å². The Kier molecular flexibility index (Phi) is 8.42. The van der Waals surface area contributed by atoms with Crippen LogP contribution in [-0.2, 0) is 20.4 Å². The highest BCUT2D eigenvalue weighted by Crippen LogP contribution is 2.45. The van der Waals surface area contributed by atoms with E-state index in [1.165, 1.54) is 0 Å². The molecule has 2 N–H and O–H groups in total. The van der Waals surface area contributed by atoms with E-state index in [1.807, 2.05) is 16.8 Å². The number of aromatic hydroxyl groups is 1. The third kappa shape index (κ3) is 6.81. The van der Waals surface area contributed by atoms with E-state index in [1.54, 1.807) is 30.0 Å². The van der Waals surface area contributed by atoms with Gasteiger partial charge in [-0.3, -0.25) is 14.5 Å². The average molecular weight is 556 g/mol. The van der Waals surface area contributed by atoms with Crippen molar-refractivity contribution in [3.63, 3.8) is 0 Å². The first-order valence-corrected chi connectivity index (χ1v) is 14.5. The maximum atomic E-state index is 12.9. The Hall–Kier alpha value is -2.91. The molecule has 1 unspecified atom stereocenters. The Bertz CT molecular complexity index is 1200. The highest BCUT2D eigenvalue weighted by atomic mass is 32.2. The summed E-state index contributed by atoms with van der Waals surface area (Å²) in [6, 6.07) is 9.48. The number of likely N-dealkylation sites (N-methyl/N-ethyl adjacent to an activating group) is 1. The van der Waals surface area contributed by atoms with Crippen LogP contribution < -0.4 is 14.8 Å². The minimum Gasteiger partial charge on any atom is -0.507 e. The zero-order chi connectivity index (χ0) is 28.5. The Balaban J connectivity index is 1.38. The molecule has 2 aromatic rings. The first-order valence-electron chi connectivity index (χ1n) is 13.4. The summed E-state index contributed by atoms with van der Waals surface area (Å²) in [5.74, 6) is 2.10. The summed E-state index contributed by atoms with van der Waals surface area (Å²) in [4.78, 5) is 29.4. The van der Waals surface area contributed by atoms with Crippen LogP contribution in [0.25, 0.3) is 0 Å². The van der Waals surface area contributed by atoms with Gasteiger partial charge in [-0.05, 0) is 65.3 Å². The minimum atomic E-state index is -0.234. The lowest BCUT2D eigenvalue weighted by molar-refractivity contribution is -0.128. The largest absolute Gasteiger partial charge is 0.507 e.